The molecule has 0 fully saturated rings. The summed E-state index contributed by atoms with van der Waals surface area (Å²) < 4.78 is 6.06. The van der Waals surface area contributed by atoms with Crippen LogP contribution in [0.5, 0.6) is 0 Å². The van der Waals surface area contributed by atoms with Crippen molar-refractivity contribution in [1.29, 1.82) is 5.26 Å². The molecule has 0 spiro atoms. The Hall–Kier alpha value is -2.53. The van der Waals surface area contributed by atoms with Crippen molar-refractivity contribution < 1.29 is 9.35 Å². The number of benzene rings is 2. The lowest BCUT2D eigenvalue weighted by Gasteiger charge is -2.24. The highest BCUT2D eigenvalue weighted by molar-refractivity contribution is 6.69. The lowest BCUT2D eigenvalue weighted by atomic mass is 10.1. The van der Waals surface area contributed by atoms with Gasteiger partial charge in [-0.05, 0) is 43.8 Å². The monoisotopic (exact) mass is 383 g/mol. The summed E-state index contributed by atoms with van der Waals surface area (Å²) in [5, 5.41) is 23.8. The second-order valence-electron chi connectivity index (χ2n) is 7.40. The first kappa shape index (κ1) is 20.8. The number of nitro groups is 1. The first-order valence-corrected chi connectivity index (χ1v) is 12.3. The van der Waals surface area contributed by atoms with Crippen molar-refractivity contribution in [2.24, 2.45) is 0 Å². The fraction of sp³-hybridized carbons (Fsp3) is 0.350. The Bertz CT molecular complexity index is 813. The Kier molecular flexibility index (Phi) is 7.25. The van der Waals surface area contributed by atoms with Gasteiger partial charge in [-0.1, -0.05) is 30.3 Å². The van der Waals surface area contributed by atoms with Gasteiger partial charge in [0.2, 0.25) is 0 Å². The largest absolute Gasteiger partial charge is 0.416 e. The molecule has 1 N–H and O–H groups in total. The van der Waals surface area contributed by atoms with Gasteiger partial charge in [0, 0.05) is 30.8 Å². The molecule has 1 unspecified atom stereocenters. The lowest BCUT2D eigenvalue weighted by molar-refractivity contribution is -0.385. The van der Waals surface area contributed by atoms with Gasteiger partial charge < -0.3 is 9.74 Å². The third-order valence-corrected chi connectivity index (χ3v) is 5.06. The molecule has 0 aromatic heterocycles. The van der Waals surface area contributed by atoms with E-state index < -0.39 is 13.2 Å². The molecule has 0 saturated carbocycles. The van der Waals surface area contributed by atoms with E-state index in [9.17, 15) is 10.1 Å². The maximum Gasteiger partial charge on any atom is 0.273 e. The van der Waals surface area contributed by atoms with Crippen molar-refractivity contribution in [1.82, 2.24) is 5.32 Å². The van der Waals surface area contributed by atoms with Crippen LogP contribution in [0.3, 0.4) is 0 Å². The Labute approximate surface area is 161 Å². The Morgan fingerprint density at radius 1 is 1.22 bits per heavy atom. The summed E-state index contributed by atoms with van der Waals surface area (Å²) in [7, 11) is -1.68. The highest BCUT2D eigenvalue weighted by Crippen LogP contribution is 2.20. The van der Waals surface area contributed by atoms with Gasteiger partial charge in [-0.15, -0.1) is 0 Å². The zero-order chi connectivity index (χ0) is 19.9. The van der Waals surface area contributed by atoms with E-state index in [0.29, 0.717) is 24.3 Å². The minimum atomic E-state index is -1.68. The van der Waals surface area contributed by atoms with E-state index >= 15 is 0 Å². The quantitative estimate of drug-likeness (QED) is 0.401. The molecule has 0 amide bonds. The van der Waals surface area contributed by atoms with Crippen LogP contribution in [0.4, 0.5) is 5.69 Å². The predicted molar refractivity (Wildman–Crippen MR) is 108 cm³/mol. The van der Waals surface area contributed by atoms with Crippen molar-refractivity contribution >= 4 is 14.0 Å². The van der Waals surface area contributed by atoms with Gasteiger partial charge in [-0.3, -0.25) is 10.1 Å². The van der Waals surface area contributed by atoms with Gasteiger partial charge in [-0.2, -0.15) is 5.26 Å². The Morgan fingerprint density at radius 2 is 1.93 bits per heavy atom. The number of rotatable bonds is 9. The summed E-state index contributed by atoms with van der Waals surface area (Å²) in [4.78, 5) is 10.9. The molecule has 0 aliphatic heterocycles. The molecule has 0 bridgehead atoms. The van der Waals surface area contributed by atoms with E-state index in [1.807, 2.05) is 24.3 Å². The molecule has 142 valence electrons. The number of nitriles is 1. The average molecular weight is 384 g/mol. The van der Waals surface area contributed by atoms with Crippen LogP contribution in [-0.2, 0) is 17.4 Å². The van der Waals surface area contributed by atoms with E-state index in [2.05, 4.69) is 37.1 Å². The lowest BCUT2D eigenvalue weighted by Crippen LogP contribution is -2.39. The number of nitrogens with zero attached hydrogens (tertiary/aromatic N) is 2. The molecule has 0 heterocycles. The highest BCUT2D eigenvalue weighted by atomic mass is 28.4. The van der Waals surface area contributed by atoms with Crippen molar-refractivity contribution in [2.45, 2.75) is 38.6 Å². The van der Waals surface area contributed by atoms with Crippen LogP contribution in [0.2, 0.25) is 19.6 Å². The molecule has 2 aromatic carbocycles. The van der Waals surface area contributed by atoms with Gasteiger partial charge in [0.25, 0.3) is 5.69 Å². The van der Waals surface area contributed by atoms with E-state index in [1.165, 1.54) is 17.7 Å². The summed E-state index contributed by atoms with van der Waals surface area (Å²) in [6, 6.07) is 16.6. The van der Waals surface area contributed by atoms with Crippen LogP contribution in [0, 0.1) is 21.4 Å². The first-order chi connectivity index (χ1) is 12.8. The second kappa shape index (κ2) is 9.42. The molecular formula is C20H25N3O3Si. The van der Waals surface area contributed by atoms with Gasteiger partial charge in [-0.25, -0.2) is 0 Å². The number of nitro benzene ring substituents is 1. The molecule has 7 heteroatoms. The maximum atomic E-state index is 11.3. The predicted octanol–water partition coefficient (Wildman–Crippen LogP) is 4.02. The zero-order valence-electron chi connectivity index (χ0n) is 15.9. The minimum absolute atomic E-state index is 0.0180. The molecular weight excluding hydrogens is 358 g/mol. The standard InChI is InChI=1S/C20H25N3O3Si/c1-27(2,3)26-15-19(12-16-7-5-4-6-8-16)22-14-18-11-17(13-21)9-10-20(18)23(24)25/h4-11,19,22H,12,14-15H2,1-3H3. The first-order valence-electron chi connectivity index (χ1n) is 8.87. The van der Waals surface area contributed by atoms with E-state index in [4.69, 9.17) is 9.69 Å². The fourth-order valence-electron chi connectivity index (χ4n) is 2.67. The van der Waals surface area contributed by atoms with Crippen LogP contribution in [0.1, 0.15) is 16.7 Å². The topological polar surface area (TPSA) is 88.2 Å². The molecule has 2 aromatic rings. The summed E-state index contributed by atoms with van der Waals surface area (Å²) in [6.45, 7) is 7.24. The molecule has 0 radical (unpaired) electrons. The van der Waals surface area contributed by atoms with Gasteiger partial charge >= 0.3 is 0 Å². The van der Waals surface area contributed by atoms with Gasteiger partial charge in [0.15, 0.2) is 8.32 Å². The third kappa shape index (κ3) is 6.94. The van der Waals surface area contributed by atoms with Crippen LogP contribution >= 0.6 is 0 Å². The fourth-order valence-corrected chi connectivity index (χ4v) is 3.37. The van der Waals surface area contributed by atoms with Crippen LogP contribution in [0.25, 0.3) is 0 Å². The number of hydrogen-bond donors (Lipinski definition) is 1. The summed E-state index contributed by atoms with van der Waals surface area (Å²) in [5.41, 5.74) is 2.11. The van der Waals surface area contributed by atoms with Crippen LogP contribution in [0.15, 0.2) is 48.5 Å². The molecule has 0 aliphatic rings. The maximum absolute atomic E-state index is 11.3. The summed E-state index contributed by atoms with van der Waals surface area (Å²) in [5.74, 6) is 0. The van der Waals surface area contributed by atoms with Gasteiger partial charge in [0.1, 0.15) is 0 Å². The molecule has 2 rings (SSSR count). The highest BCUT2D eigenvalue weighted by Gasteiger charge is 2.20. The minimum Gasteiger partial charge on any atom is -0.416 e. The van der Waals surface area contributed by atoms with Crippen LogP contribution < -0.4 is 5.32 Å². The van der Waals surface area contributed by atoms with Crippen molar-refractivity contribution in [2.75, 3.05) is 6.61 Å². The van der Waals surface area contributed by atoms with Crippen LogP contribution in [-0.4, -0.2) is 25.9 Å². The third-order valence-electron chi connectivity index (χ3n) is 4.03. The summed E-state index contributed by atoms with van der Waals surface area (Å²) in [6.07, 6.45) is 0.761. The second-order valence-corrected chi connectivity index (χ2v) is 11.9. The molecule has 0 saturated heterocycles. The van der Waals surface area contributed by atoms with E-state index in [1.54, 1.807) is 6.07 Å². The normalized spacial score (nSPS) is 12.4. The van der Waals surface area contributed by atoms with Crippen molar-refractivity contribution in [3.63, 3.8) is 0 Å². The molecule has 6 nitrogen and oxygen atoms in total. The smallest absolute Gasteiger partial charge is 0.273 e. The zero-order valence-corrected chi connectivity index (χ0v) is 16.9. The molecule has 0 aliphatic carbocycles. The Balaban J connectivity index is 2.15. The number of hydrogen-bond acceptors (Lipinski definition) is 5. The summed E-state index contributed by atoms with van der Waals surface area (Å²) >= 11 is 0. The van der Waals surface area contributed by atoms with E-state index in [0.717, 1.165) is 6.42 Å². The van der Waals surface area contributed by atoms with Crippen molar-refractivity contribution in [3.8, 4) is 6.07 Å². The number of nitrogens with one attached hydrogen (secondary N) is 1. The molecule has 27 heavy (non-hydrogen) atoms. The molecule has 1 atom stereocenters. The van der Waals surface area contributed by atoms with E-state index in [-0.39, 0.29) is 11.7 Å². The average Bonchev–Trinajstić information content (AvgIpc) is 2.63. The van der Waals surface area contributed by atoms with Crippen molar-refractivity contribution in [3.05, 3.63) is 75.3 Å². The SMILES string of the molecule is C[Si](C)(C)OCC(Cc1ccccc1)NCc1cc(C#N)ccc1[N+](=O)[O-]. The van der Waals surface area contributed by atoms with Gasteiger partial charge in [0.05, 0.1) is 16.6 Å². The Morgan fingerprint density at radius 3 is 2.52 bits per heavy atom.